The van der Waals surface area contributed by atoms with Gasteiger partial charge in [-0.3, -0.25) is 4.79 Å². The van der Waals surface area contributed by atoms with Crippen LogP contribution in [-0.2, 0) is 10.2 Å². The molecule has 2 rings (SSSR count). The van der Waals surface area contributed by atoms with Gasteiger partial charge in [0.1, 0.15) is 5.82 Å². The van der Waals surface area contributed by atoms with Gasteiger partial charge >= 0.3 is 0 Å². The van der Waals surface area contributed by atoms with E-state index < -0.39 is 11.3 Å². The molecule has 0 radical (unpaired) electrons. The Morgan fingerprint density at radius 3 is 2.60 bits per heavy atom. The molecule has 1 aliphatic carbocycles. The van der Waals surface area contributed by atoms with Crippen molar-refractivity contribution >= 4 is 17.5 Å². The van der Waals surface area contributed by atoms with Crippen LogP contribution in [0.2, 0.25) is 5.02 Å². The summed E-state index contributed by atoms with van der Waals surface area (Å²) in [6.45, 7) is 0. The number of carbonyl (C=O) groups excluding carboxylic acids is 1. The molecule has 2 N–H and O–H groups in total. The Labute approximate surface area is 92.2 Å². The largest absolute Gasteiger partial charge is 0.369 e. The number of benzene rings is 1. The zero-order valence-electron chi connectivity index (χ0n) is 8.09. The average Bonchev–Trinajstić information content (AvgIpc) is 2.08. The lowest BCUT2D eigenvalue weighted by Crippen LogP contribution is -2.47. The van der Waals surface area contributed by atoms with Crippen LogP contribution in [0.1, 0.15) is 24.8 Å². The lowest BCUT2D eigenvalue weighted by Gasteiger charge is -2.39. The summed E-state index contributed by atoms with van der Waals surface area (Å²) in [7, 11) is 0. The molecule has 1 fully saturated rings. The minimum atomic E-state index is -0.737. The maximum Gasteiger partial charge on any atom is 0.228 e. The summed E-state index contributed by atoms with van der Waals surface area (Å²) in [6.07, 6.45) is 2.24. The van der Waals surface area contributed by atoms with Gasteiger partial charge in [-0.1, -0.05) is 18.0 Å². The molecule has 0 bridgehead atoms. The van der Waals surface area contributed by atoms with Crippen LogP contribution < -0.4 is 5.73 Å². The Morgan fingerprint density at radius 1 is 1.47 bits per heavy atom. The van der Waals surface area contributed by atoms with Crippen LogP contribution in [-0.4, -0.2) is 5.91 Å². The van der Waals surface area contributed by atoms with Gasteiger partial charge in [0.05, 0.1) is 5.41 Å². The Balaban J connectivity index is 2.51. The third-order valence-electron chi connectivity index (χ3n) is 3.12. The quantitative estimate of drug-likeness (QED) is 0.828. The second-order valence-electron chi connectivity index (χ2n) is 3.92. The Morgan fingerprint density at radius 2 is 2.13 bits per heavy atom. The zero-order valence-corrected chi connectivity index (χ0v) is 8.85. The Kier molecular flexibility index (Phi) is 2.43. The van der Waals surface area contributed by atoms with Crippen LogP contribution in [0.5, 0.6) is 0 Å². The molecule has 0 heterocycles. The van der Waals surface area contributed by atoms with Crippen molar-refractivity contribution < 1.29 is 9.18 Å². The van der Waals surface area contributed by atoms with Gasteiger partial charge in [0.25, 0.3) is 0 Å². The molecule has 1 aromatic rings. The first-order valence-electron chi connectivity index (χ1n) is 4.82. The van der Waals surface area contributed by atoms with E-state index in [2.05, 4.69) is 0 Å². The van der Waals surface area contributed by atoms with Crippen molar-refractivity contribution in [2.45, 2.75) is 24.7 Å². The first kappa shape index (κ1) is 10.4. The summed E-state index contributed by atoms with van der Waals surface area (Å²) >= 11 is 5.96. The molecule has 1 saturated carbocycles. The number of nitrogens with two attached hydrogens (primary N) is 1. The van der Waals surface area contributed by atoms with Crippen LogP contribution in [0.4, 0.5) is 4.39 Å². The Hall–Kier alpha value is -1.09. The number of primary amides is 1. The fourth-order valence-electron chi connectivity index (χ4n) is 2.04. The molecule has 1 amide bonds. The van der Waals surface area contributed by atoms with Gasteiger partial charge in [-0.15, -0.1) is 0 Å². The first-order chi connectivity index (χ1) is 7.06. The van der Waals surface area contributed by atoms with E-state index in [0.29, 0.717) is 23.4 Å². The monoisotopic (exact) mass is 227 g/mol. The van der Waals surface area contributed by atoms with Crippen LogP contribution in [0.15, 0.2) is 18.2 Å². The fourth-order valence-corrected chi connectivity index (χ4v) is 2.34. The highest BCUT2D eigenvalue weighted by Crippen LogP contribution is 2.46. The number of amides is 1. The molecule has 0 atom stereocenters. The molecule has 0 saturated heterocycles. The van der Waals surface area contributed by atoms with Crippen molar-refractivity contribution in [2.24, 2.45) is 5.73 Å². The van der Waals surface area contributed by atoms with Gasteiger partial charge in [0.15, 0.2) is 0 Å². The molecular weight excluding hydrogens is 217 g/mol. The molecular formula is C11H11ClFNO. The summed E-state index contributed by atoms with van der Waals surface area (Å²) in [5.74, 6) is -0.803. The van der Waals surface area contributed by atoms with Gasteiger partial charge in [0, 0.05) is 5.02 Å². The van der Waals surface area contributed by atoms with Gasteiger partial charge in [-0.05, 0) is 36.6 Å². The summed E-state index contributed by atoms with van der Waals surface area (Å²) in [4.78, 5) is 11.4. The molecule has 4 heteroatoms. The highest BCUT2D eigenvalue weighted by atomic mass is 35.5. The second kappa shape index (κ2) is 3.49. The number of carbonyl (C=O) groups is 1. The maximum absolute atomic E-state index is 13.1. The van der Waals surface area contributed by atoms with Crippen LogP contribution in [0.25, 0.3) is 0 Å². The van der Waals surface area contributed by atoms with Crippen molar-refractivity contribution in [1.29, 1.82) is 0 Å². The SMILES string of the molecule is NC(=O)C1(c2cc(F)ccc2Cl)CCC1. The molecule has 1 aliphatic rings. The van der Waals surface area contributed by atoms with Crippen LogP contribution in [0.3, 0.4) is 0 Å². The van der Waals surface area contributed by atoms with Crippen molar-refractivity contribution in [3.8, 4) is 0 Å². The third-order valence-corrected chi connectivity index (χ3v) is 3.45. The van der Waals surface area contributed by atoms with Crippen LogP contribution >= 0.6 is 11.6 Å². The number of hydrogen-bond acceptors (Lipinski definition) is 1. The van der Waals surface area contributed by atoms with E-state index in [1.807, 2.05) is 0 Å². The molecule has 15 heavy (non-hydrogen) atoms. The topological polar surface area (TPSA) is 43.1 Å². The van der Waals surface area contributed by atoms with E-state index in [1.165, 1.54) is 18.2 Å². The smallest absolute Gasteiger partial charge is 0.228 e. The second-order valence-corrected chi connectivity index (χ2v) is 4.33. The van der Waals surface area contributed by atoms with Gasteiger partial charge < -0.3 is 5.73 Å². The van der Waals surface area contributed by atoms with Crippen molar-refractivity contribution in [3.63, 3.8) is 0 Å². The lowest BCUT2D eigenvalue weighted by molar-refractivity contribution is -0.126. The van der Waals surface area contributed by atoms with Crippen molar-refractivity contribution in [2.75, 3.05) is 0 Å². The van der Waals surface area contributed by atoms with Gasteiger partial charge in [-0.25, -0.2) is 4.39 Å². The summed E-state index contributed by atoms with van der Waals surface area (Å²) in [5, 5.41) is 0.412. The van der Waals surface area contributed by atoms with E-state index in [9.17, 15) is 9.18 Å². The number of halogens is 2. The molecule has 0 aromatic heterocycles. The first-order valence-corrected chi connectivity index (χ1v) is 5.19. The predicted octanol–water partition coefficient (Wildman–Crippen LogP) is 2.39. The number of hydrogen-bond donors (Lipinski definition) is 1. The Bertz CT molecular complexity index is 415. The molecule has 0 unspecified atom stereocenters. The van der Waals surface area contributed by atoms with Crippen LogP contribution in [0, 0.1) is 5.82 Å². The molecule has 80 valence electrons. The molecule has 1 aromatic carbocycles. The van der Waals surface area contributed by atoms with Gasteiger partial charge in [0.2, 0.25) is 5.91 Å². The molecule has 0 aliphatic heterocycles. The normalized spacial score (nSPS) is 18.3. The average molecular weight is 228 g/mol. The molecule has 0 spiro atoms. The summed E-state index contributed by atoms with van der Waals surface area (Å²) < 4.78 is 13.1. The van der Waals surface area contributed by atoms with E-state index >= 15 is 0 Å². The summed E-state index contributed by atoms with van der Waals surface area (Å²) in [6, 6.07) is 4.06. The van der Waals surface area contributed by atoms with E-state index in [0.717, 1.165) is 6.42 Å². The highest BCUT2D eigenvalue weighted by molar-refractivity contribution is 6.31. The summed E-state index contributed by atoms with van der Waals surface area (Å²) in [5.41, 5.74) is 5.16. The van der Waals surface area contributed by atoms with Crippen molar-refractivity contribution in [1.82, 2.24) is 0 Å². The highest BCUT2D eigenvalue weighted by Gasteiger charge is 2.45. The minimum Gasteiger partial charge on any atom is -0.369 e. The maximum atomic E-state index is 13.1. The van der Waals surface area contributed by atoms with E-state index in [1.54, 1.807) is 0 Å². The zero-order chi connectivity index (χ0) is 11.1. The van der Waals surface area contributed by atoms with E-state index in [-0.39, 0.29) is 5.82 Å². The third kappa shape index (κ3) is 1.51. The fraction of sp³-hybridized carbons (Fsp3) is 0.364. The number of rotatable bonds is 2. The molecule has 2 nitrogen and oxygen atoms in total. The van der Waals surface area contributed by atoms with Crippen molar-refractivity contribution in [3.05, 3.63) is 34.6 Å². The predicted molar refractivity (Wildman–Crippen MR) is 56.1 cm³/mol. The standard InChI is InChI=1S/C11H11ClFNO/c12-9-3-2-7(13)6-8(9)11(10(14)15)4-1-5-11/h2-3,6H,1,4-5H2,(H2,14,15). The van der Waals surface area contributed by atoms with E-state index in [4.69, 9.17) is 17.3 Å². The minimum absolute atomic E-state index is 0.387. The van der Waals surface area contributed by atoms with Gasteiger partial charge in [-0.2, -0.15) is 0 Å². The lowest BCUT2D eigenvalue weighted by atomic mass is 9.64.